The van der Waals surface area contributed by atoms with Gasteiger partial charge in [-0.3, -0.25) is 9.69 Å². The van der Waals surface area contributed by atoms with E-state index in [1.165, 1.54) is 0 Å². The van der Waals surface area contributed by atoms with Crippen LogP contribution in [0.15, 0.2) is 24.3 Å². The van der Waals surface area contributed by atoms with Crippen molar-refractivity contribution in [3.8, 4) is 5.75 Å². The second-order valence-electron chi connectivity index (χ2n) is 4.87. The molecule has 5 nitrogen and oxygen atoms in total. The number of anilines is 1. The number of nitrogens with two attached hydrogens (primary N) is 2. The lowest BCUT2D eigenvalue weighted by Crippen LogP contribution is -2.35. The van der Waals surface area contributed by atoms with Gasteiger partial charge in [-0.1, -0.05) is 13.3 Å². The number of benzene rings is 1. The topological polar surface area (TPSA) is 81.6 Å². The fraction of sp³-hybridized carbons (Fsp3) is 0.533. The van der Waals surface area contributed by atoms with Crippen molar-refractivity contribution in [2.45, 2.75) is 26.2 Å². The van der Waals surface area contributed by atoms with Crippen molar-refractivity contribution in [3.05, 3.63) is 24.3 Å². The SMILES string of the molecule is CCCCN(CCCOc1ccc(N)cc1)CC(N)=O. The highest BCUT2D eigenvalue weighted by Gasteiger charge is 2.07. The molecule has 1 rings (SSSR count). The monoisotopic (exact) mass is 279 g/mol. The molecule has 0 saturated heterocycles. The van der Waals surface area contributed by atoms with Crippen LogP contribution in [0.25, 0.3) is 0 Å². The third-order valence-electron chi connectivity index (χ3n) is 2.97. The fourth-order valence-corrected chi connectivity index (χ4v) is 1.91. The Kier molecular flexibility index (Phi) is 7.50. The van der Waals surface area contributed by atoms with Crippen molar-refractivity contribution in [2.24, 2.45) is 5.73 Å². The van der Waals surface area contributed by atoms with Gasteiger partial charge in [0.15, 0.2) is 0 Å². The van der Waals surface area contributed by atoms with Gasteiger partial charge in [-0.2, -0.15) is 0 Å². The molecule has 20 heavy (non-hydrogen) atoms. The number of nitrogen functional groups attached to an aromatic ring is 1. The van der Waals surface area contributed by atoms with Gasteiger partial charge in [-0.05, 0) is 43.7 Å². The van der Waals surface area contributed by atoms with Crippen molar-refractivity contribution in [1.29, 1.82) is 0 Å². The van der Waals surface area contributed by atoms with Crippen LogP contribution in [0, 0.1) is 0 Å². The molecule has 0 aromatic heterocycles. The lowest BCUT2D eigenvalue weighted by molar-refractivity contribution is -0.119. The predicted molar refractivity (Wildman–Crippen MR) is 81.5 cm³/mol. The molecule has 0 atom stereocenters. The van der Waals surface area contributed by atoms with Crippen molar-refractivity contribution in [1.82, 2.24) is 4.90 Å². The summed E-state index contributed by atoms with van der Waals surface area (Å²) in [6.45, 7) is 4.79. The maximum atomic E-state index is 11.0. The fourth-order valence-electron chi connectivity index (χ4n) is 1.91. The van der Waals surface area contributed by atoms with Crippen molar-refractivity contribution >= 4 is 11.6 Å². The molecular formula is C15H25N3O2. The minimum atomic E-state index is -0.277. The van der Waals surface area contributed by atoms with Gasteiger partial charge < -0.3 is 16.2 Å². The largest absolute Gasteiger partial charge is 0.494 e. The average molecular weight is 279 g/mol. The first-order valence-corrected chi connectivity index (χ1v) is 7.10. The van der Waals surface area contributed by atoms with Crippen molar-refractivity contribution in [2.75, 3.05) is 32.0 Å². The lowest BCUT2D eigenvalue weighted by atomic mass is 10.3. The number of unbranched alkanes of at least 4 members (excludes halogenated alkanes) is 1. The molecule has 112 valence electrons. The maximum Gasteiger partial charge on any atom is 0.231 e. The van der Waals surface area contributed by atoms with Crippen LogP contribution in [0.5, 0.6) is 5.75 Å². The number of carbonyl (C=O) groups excluding carboxylic acids is 1. The quantitative estimate of drug-likeness (QED) is 0.504. The van der Waals surface area contributed by atoms with E-state index in [0.29, 0.717) is 13.2 Å². The smallest absolute Gasteiger partial charge is 0.231 e. The first-order valence-electron chi connectivity index (χ1n) is 7.10. The standard InChI is InChI=1S/C15H25N3O2/c1-2-3-9-18(12-15(17)19)10-4-11-20-14-7-5-13(16)6-8-14/h5-8H,2-4,9-12,16H2,1H3,(H2,17,19). The molecule has 0 saturated carbocycles. The summed E-state index contributed by atoms with van der Waals surface area (Å²) in [5, 5.41) is 0. The van der Waals surface area contributed by atoms with Gasteiger partial charge in [0.25, 0.3) is 0 Å². The van der Waals surface area contributed by atoms with Gasteiger partial charge >= 0.3 is 0 Å². The molecule has 0 aliphatic rings. The van der Waals surface area contributed by atoms with Crippen molar-refractivity contribution < 1.29 is 9.53 Å². The molecule has 0 fully saturated rings. The van der Waals surface area contributed by atoms with Gasteiger partial charge in [-0.25, -0.2) is 0 Å². The van der Waals surface area contributed by atoms with Gasteiger partial charge in [0.2, 0.25) is 5.91 Å². The van der Waals surface area contributed by atoms with Crippen LogP contribution in [0.3, 0.4) is 0 Å². The summed E-state index contributed by atoms with van der Waals surface area (Å²) in [4.78, 5) is 13.1. The zero-order valence-electron chi connectivity index (χ0n) is 12.2. The molecule has 1 aromatic rings. The summed E-state index contributed by atoms with van der Waals surface area (Å²) in [7, 11) is 0. The molecular weight excluding hydrogens is 254 g/mol. The summed E-state index contributed by atoms with van der Waals surface area (Å²) in [5.74, 6) is 0.537. The number of ether oxygens (including phenoxy) is 1. The molecule has 4 N–H and O–H groups in total. The molecule has 5 heteroatoms. The first kappa shape index (κ1) is 16.3. The Morgan fingerprint density at radius 3 is 2.45 bits per heavy atom. The highest BCUT2D eigenvalue weighted by molar-refractivity contribution is 5.75. The summed E-state index contributed by atoms with van der Waals surface area (Å²) in [6.07, 6.45) is 3.05. The highest BCUT2D eigenvalue weighted by Crippen LogP contribution is 2.13. The average Bonchev–Trinajstić information content (AvgIpc) is 2.42. The number of hydrogen-bond acceptors (Lipinski definition) is 4. The molecule has 0 unspecified atom stereocenters. The van der Waals surface area contributed by atoms with Gasteiger partial charge in [0.1, 0.15) is 5.75 Å². The number of nitrogens with zero attached hydrogens (tertiary/aromatic N) is 1. The Labute approximate surface area is 120 Å². The van der Waals surface area contributed by atoms with Crippen molar-refractivity contribution in [3.63, 3.8) is 0 Å². The number of rotatable bonds is 10. The Morgan fingerprint density at radius 2 is 1.85 bits per heavy atom. The zero-order chi connectivity index (χ0) is 14.8. The Balaban J connectivity index is 2.25. The second-order valence-corrected chi connectivity index (χ2v) is 4.87. The molecule has 1 aromatic carbocycles. The summed E-state index contributed by atoms with van der Waals surface area (Å²) < 4.78 is 5.62. The molecule has 1 amide bonds. The Morgan fingerprint density at radius 1 is 1.20 bits per heavy atom. The van der Waals surface area contributed by atoms with E-state index in [1.807, 2.05) is 24.3 Å². The highest BCUT2D eigenvalue weighted by atomic mass is 16.5. The minimum Gasteiger partial charge on any atom is -0.494 e. The van der Waals surface area contributed by atoms with E-state index in [1.54, 1.807) is 0 Å². The minimum absolute atomic E-state index is 0.277. The number of carbonyl (C=O) groups is 1. The molecule has 0 radical (unpaired) electrons. The van der Waals surface area contributed by atoms with Gasteiger partial charge in [0.05, 0.1) is 13.2 Å². The third-order valence-corrected chi connectivity index (χ3v) is 2.97. The number of primary amides is 1. The van der Waals surface area contributed by atoms with E-state index < -0.39 is 0 Å². The van der Waals surface area contributed by atoms with Crippen LogP contribution in [0.2, 0.25) is 0 Å². The van der Waals surface area contributed by atoms with E-state index in [0.717, 1.165) is 43.8 Å². The molecule has 0 aliphatic carbocycles. The van der Waals surface area contributed by atoms with E-state index in [9.17, 15) is 4.79 Å². The summed E-state index contributed by atoms with van der Waals surface area (Å²) in [5.41, 5.74) is 11.6. The van der Waals surface area contributed by atoms with Gasteiger partial charge in [-0.15, -0.1) is 0 Å². The molecule has 0 spiro atoms. The molecule has 0 heterocycles. The third kappa shape index (κ3) is 6.99. The summed E-state index contributed by atoms with van der Waals surface area (Å²) in [6, 6.07) is 7.34. The number of hydrogen-bond donors (Lipinski definition) is 2. The van der Waals surface area contributed by atoms with Crippen LogP contribution in [0.4, 0.5) is 5.69 Å². The van der Waals surface area contributed by atoms with E-state index in [4.69, 9.17) is 16.2 Å². The summed E-state index contributed by atoms with van der Waals surface area (Å²) >= 11 is 0. The molecule has 0 bridgehead atoms. The van der Waals surface area contributed by atoms with Crippen LogP contribution in [0.1, 0.15) is 26.2 Å². The Hall–Kier alpha value is -1.75. The lowest BCUT2D eigenvalue weighted by Gasteiger charge is -2.20. The van der Waals surface area contributed by atoms with Crippen LogP contribution in [-0.2, 0) is 4.79 Å². The zero-order valence-corrected chi connectivity index (χ0v) is 12.2. The number of amides is 1. The first-order chi connectivity index (χ1) is 9.61. The van der Waals surface area contributed by atoms with E-state index in [-0.39, 0.29) is 5.91 Å². The van der Waals surface area contributed by atoms with E-state index >= 15 is 0 Å². The van der Waals surface area contributed by atoms with Gasteiger partial charge in [0, 0.05) is 12.2 Å². The second kappa shape index (κ2) is 9.20. The van der Waals surface area contributed by atoms with Crippen LogP contribution < -0.4 is 16.2 Å². The molecule has 0 aliphatic heterocycles. The Bertz CT molecular complexity index is 393. The van der Waals surface area contributed by atoms with Crippen LogP contribution >= 0.6 is 0 Å². The van der Waals surface area contributed by atoms with E-state index in [2.05, 4.69) is 11.8 Å². The van der Waals surface area contributed by atoms with Crippen LogP contribution in [-0.4, -0.2) is 37.0 Å². The maximum absolute atomic E-state index is 11.0. The predicted octanol–water partition coefficient (Wildman–Crippen LogP) is 1.63. The normalized spacial score (nSPS) is 10.7.